The predicted molar refractivity (Wildman–Crippen MR) is 286 cm³/mol. The molecule has 68 heavy (non-hydrogen) atoms. The molecule has 10 aromatic carbocycles. The van der Waals surface area contributed by atoms with Gasteiger partial charge in [0.25, 0.3) is 0 Å². The Hall–Kier alpha value is -9.05. The van der Waals surface area contributed by atoms with Gasteiger partial charge in [-0.15, -0.1) is 0 Å². The van der Waals surface area contributed by atoms with Gasteiger partial charge in [-0.3, -0.25) is 0 Å². The monoisotopic (exact) mass is 865 g/mol. The number of pyridine rings is 1. The molecule has 0 spiro atoms. The molecule has 3 aromatic heterocycles. The van der Waals surface area contributed by atoms with Crippen molar-refractivity contribution in [3.63, 3.8) is 0 Å². The fraction of sp³-hybridized carbons (Fsp3) is 0. The third-order valence-corrected chi connectivity index (χ3v) is 13.5. The number of rotatable bonds is 8. The minimum atomic E-state index is 0.921. The normalized spacial score (nSPS) is 11.5. The maximum Gasteiger partial charge on any atom is 0.0788 e. The van der Waals surface area contributed by atoms with Crippen molar-refractivity contribution < 1.29 is 0 Å². The Labute approximate surface area is 395 Å². The second-order valence-corrected chi connectivity index (χ2v) is 17.5. The average molecular weight is 866 g/mol. The summed E-state index contributed by atoms with van der Waals surface area (Å²) in [6, 6.07) is 94.1. The van der Waals surface area contributed by atoms with Gasteiger partial charge in [-0.2, -0.15) is 0 Å². The van der Waals surface area contributed by atoms with Crippen molar-refractivity contribution >= 4 is 43.6 Å². The molecule has 0 amide bonds. The van der Waals surface area contributed by atoms with Crippen LogP contribution >= 0.6 is 0 Å². The molecule has 0 saturated carbocycles. The first-order valence-corrected chi connectivity index (χ1v) is 23.3. The van der Waals surface area contributed by atoms with Gasteiger partial charge in [-0.05, 0) is 93.0 Å². The molecule has 3 heterocycles. The Morgan fingerprint density at radius 2 is 0.588 bits per heavy atom. The third kappa shape index (κ3) is 6.80. The van der Waals surface area contributed by atoms with Crippen LogP contribution < -0.4 is 0 Å². The fourth-order valence-corrected chi connectivity index (χ4v) is 10.2. The van der Waals surface area contributed by atoms with Crippen molar-refractivity contribution in [3.05, 3.63) is 261 Å². The molecule has 3 heteroatoms. The van der Waals surface area contributed by atoms with Crippen LogP contribution in [0.3, 0.4) is 0 Å². The topological polar surface area (TPSA) is 22.8 Å². The van der Waals surface area contributed by atoms with Gasteiger partial charge in [0.15, 0.2) is 0 Å². The number of para-hydroxylation sites is 2. The Kier molecular flexibility index (Phi) is 9.50. The molecule has 0 atom stereocenters. The summed E-state index contributed by atoms with van der Waals surface area (Å²) in [7, 11) is 0. The molecular formula is C65H43N3. The van der Waals surface area contributed by atoms with Gasteiger partial charge in [0, 0.05) is 44.0 Å². The maximum absolute atomic E-state index is 5.42. The zero-order valence-electron chi connectivity index (χ0n) is 37.2. The van der Waals surface area contributed by atoms with E-state index < -0.39 is 0 Å². The number of nitrogens with zero attached hydrogens (tertiary/aromatic N) is 3. The van der Waals surface area contributed by atoms with Crippen LogP contribution in [0.2, 0.25) is 0 Å². The standard InChI is InChI=1S/C65H43N3/c1-4-15-44(16-5-1)47-27-29-49(30-28-47)50-35-37-54(38-36-50)67-62-25-12-10-23-56(62)58-39-40-59-57-24-11-13-26-63(57)68(65(59)64(58)67)55-22-14-21-52(41-55)61-43-53(46-19-8-3-9-20-46)42-60(66-61)51-33-31-48(32-34-51)45-17-6-2-7-18-45/h1-43H. The van der Waals surface area contributed by atoms with Crippen LogP contribution in [0.25, 0.3) is 122 Å². The van der Waals surface area contributed by atoms with Crippen LogP contribution in [0.1, 0.15) is 0 Å². The minimum Gasteiger partial charge on any atom is -0.307 e. The second kappa shape index (κ2) is 16.4. The van der Waals surface area contributed by atoms with Crippen molar-refractivity contribution in [1.29, 1.82) is 0 Å². The molecule has 0 fully saturated rings. The smallest absolute Gasteiger partial charge is 0.0788 e. The molecule has 0 radical (unpaired) electrons. The quantitative estimate of drug-likeness (QED) is 0.149. The minimum absolute atomic E-state index is 0.921. The SMILES string of the molecule is c1ccc(-c2ccc(-c3ccc(-n4c5ccccc5c5ccc6c7ccccc7n(-c7cccc(-c8cc(-c9ccccc9)cc(-c9ccc(-c%10ccccc%10)cc9)n8)c7)c6c54)cc3)cc2)cc1. The Bertz CT molecular complexity index is 3960. The first-order chi connectivity index (χ1) is 33.7. The van der Waals surface area contributed by atoms with E-state index in [0.29, 0.717) is 0 Å². The highest BCUT2D eigenvalue weighted by atomic mass is 15.0. The largest absolute Gasteiger partial charge is 0.307 e. The van der Waals surface area contributed by atoms with E-state index in [1.54, 1.807) is 0 Å². The van der Waals surface area contributed by atoms with Gasteiger partial charge < -0.3 is 9.13 Å². The summed E-state index contributed by atoms with van der Waals surface area (Å²) in [4.78, 5) is 5.42. The lowest BCUT2D eigenvalue weighted by molar-refractivity contribution is 1.15. The van der Waals surface area contributed by atoms with E-state index in [1.807, 2.05) is 0 Å². The molecule has 0 bridgehead atoms. The molecule has 0 saturated heterocycles. The maximum atomic E-state index is 5.42. The number of hydrogen-bond donors (Lipinski definition) is 0. The average Bonchev–Trinajstić information content (AvgIpc) is 3.95. The van der Waals surface area contributed by atoms with Crippen molar-refractivity contribution in [2.24, 2.45) is 0 Å². The molecule has 13 aromatic rings. The number of hydrogen-bond acceptors (Lipinski definition) is 1. The van der Waals surface area contributed by atoms with Gasteiger partial charge in [0.05, 0.1) is 33.5 Å². The molecule has 0 aliphatic carbocycles. The molecule has 0 unspecified atom stereocenters. The third-order valence-electron chi connectivity index (χ3n) is 13.5. The number of fused-ring (bicyclic) bond motifs is 7. The zero-order chi connectivity index (χ0) is 45.0. The van der Waals surface area contributed by atoms with Crippen LogP contribution in [0.15, 0.2) is 261 Å². The van der Waals surface area contributed by atoms with E-state index in [-0.39, 0.29) is 0 Å². The lowest BCUT2D eigenvalue weighted by Gasteiger charge is -2.15. The summed E-state index contributed by atoms with van der Waals surface area (Å²) in [5, 5.41) is 4.87. The highest BCUT2D eigenvalue weighted by molar-refractivity contribution is 6.23. The van der Waals surface area contributed by atoms with E-state index in [9.17, 15) is 0 Å². The lowest BCUT2D eigenvalue weighted by atomic mass is 9.98. The summed E-state index contributed by atoms with van der Waals surface area (Å²) in [5.41, 5.74) is 20.3. The summed E-state index contributed by atoms with van der Waals surface area (Å²) in [6.07, 6.45) is 0. The van der Waals surface area contributed by atoms with Crippen molar-refractivity contribution in [3.8, 4) is 78.4 Å². The highest BCUT2D eigenvalue weighted by Gasteiger charge is 2.22. The van der Waals surface area contributed by atoms with E-state index in [0.717, 1.165) is 50.5 Å². The zero-order valence-corrected chi connectivity index (χ0v) is 37.2. The number of benzene rings is 10. The van der Waals surface area contributed by atoms with Gasteiger partial charge in [-0.1, -0.05) is 212 Å². The van der Waals surface area contributed by atoms with E-state index in [1.165, 1.54) is 71.5 Å². The fourth-order valence-electron chi connectivity index (χ4n) is 10.2. The molecule has 0 N–H and O–H groups in total. The van der Waals surface area contributed by atoms with Crippen molar-refractivity contribution in [1.82, 2.24) is 14.1 Å². The number of aromatic nitrogens is 3. The summed E-state index contributed by atoms with van der Waals surface area (Å²) in [5.74, 6) is 0. The van der Waals surface area contributed by atoms with Gasteiger partial charge in [-0.25, -0.2) is 4.98 Å². The Morgan fingerprint density at radius 1 is 0.221 bits per heavy atom. The second-order valence-electron chi connectivity index (χ2n) is 17.5. The van der Waals surface area contributed by atoms with E-state index >= 15 is 0 Å². The summed E-state index contributed by atoms with van der Waals surface area (Å²) in [6.45, 7) is 0. The molecule has 3 nitrogen and oxygen atoms in total. The van der Waals surface area contributed by atoms with Crippen LogP contribution in [-0.2, 0) is 0 Å². The van der Waals surface area contributed by atoms with Gasteiger partial charge in [0.2, 0.25) is 0 Å². The molecule has 0 aliphatic rings. The first-order valence-electron chi connectivity index (χ1n) is 23.3. The van der Waals surface area contributed by atoms with E-state index in [2.05, 4.69) is 270 Å². The molecule has 13 rings (SSSR count). The highest BCUT2D eigenvalue weighted by Crippen LogP contribution is 2.43. The summed E-state index contributed by atoms with van der Waals surface area (Å²) < 4.78 is 4.94. The Balaban J connectivity index is 0.971. The van der Waals surface area contributed by atoms with Crippen LogP contribution in [0.4, 0.5) is 0 Å². The molecule has 0 aliphatic heterocycles. The van der Waals surface area contributed by atoms with Crippen molar-refractivity contribution in [2.45, 2.75) is 0 Å². The van der Waals surface area contributed by atoms with Crippen LogP contribution in [0, 0.1) is 0 Å². The predicted octanol–water partition coefficient (Wildman–Crippen LogP) is 17.3. The van der Waals surface area contributed by atoms with Gasteiger partial charge in [0.1, 0.15) is 0 Å². The van der Waals surface area contributed by atoms with Crippen LogP contribution in [0.5, 0.6) is 0 Å². The Morgan fingerprint density at radius 3 is 1.09 bits per heavy atom. The van der Waals surface area contributed by atoms with Crippen LogP contribution in [-0.4, -0.2) is 14.1 Å². The molecular weight excluding hydrogens is 823 g/mol. The lowest BCUT2D eigenvalue weighted by Crippen LogP contribution is -1.99. The van der Waals surface area contributed by atoms with Crippen molar-refractivity contribution in [2.75, 3.05) is 0 Å². The van der Waals surface area contributed by atoms with E-state index in [4.69, 9.17) is 4.98 Å². The summed E-state index contributed by atoms with van der Waals surface area (Å²) >= 11 is 0. The van der Waals surface area contributed by atoms with Gasteiger partial charge >= 0.3 is 0 Å². The first kappa shape index (κ1) is 39.3. The molecule has 318 valence electrons.